The van der Waals surface area contributed by atoms with Gasteiger partial charge in [0.25, 0.3) is 0 Å². The topological polar surface area (TPSA) is 56.3 Å². The van der Waals surface area contributed by atoms with Crippen LogP contribution in [-0.2, 0) is 0 Å². The number of para-hydroxylation sites is 1. The number of benzene rings is 1. The largest absolute Gasteiger partial charge is 0.493 e. The fraction of sp³-hybridized carbons (Fsp3) is 0.375. The van der Waals surface area contributed by atoms with Gasteiger partial charge in [0.15, 0.2) is 11.5 Å². The van der Waals surface area contributed by atoms with Gasteiger partial charge in [0, 0.05) is 17.8 Å². The third-order valence-electron chi connectivity index (χ3n) is 3.07. The number of rotatable bonds is 6. The van der Waals surface area contributed by atoms with E-state index in [0.29, 0.717) is 17.4 Å². The Morgan fingerprint density at radius 2 is 1.95 bits per heavy atom. The lowest BCUT2D eigenvalue weighted by atomic mass is 10.1. The first-order chi connectivity index (χ1) is 10.2. The molecule has 0 fully saturated rings. The zero-order valence-corrected chi connectivity index (χ0v) is 12.9. The van der Waals surface area contributed by atoms with Crippen molar-refractivity contribution in [2.45, 2.75) is 20.3 Å². The average molecular weight is 287 g/mol. The van der Waals surface area contributed by atoms with E-state index in [2.05, 4.69) is 22.2 Å². The van der Waals surface area contributed by atoms with Gasteiger partial charge in [-0.05, 0) is 31.5 Å². The van der Waals surface area contributed by atoms with Gasteiger partial charge >= 0.3 is 0 Å². The molecular formula is C16H21N3O2. The number of anilines is 1. The number of nitrogens with one attached hydrogen (secondary N) is 1. The monoisotopic (exact) mass is 287 g/mol. The summed E-state index contributed by atoms with van der Waals surface area (Å²) in [5.74, 6) is 2.01. The SMILES string of the molecule is CCCNc1nc(C)cc(-c2cccc(OC)c2OC)n1. The Morgan fingerprint density at radius 3 is 2.62 bits per heavy atom. The Morgan fingerprint density at radius 1 is 1.14 bits per heavy atom. The summed E-state index contributed by atoms with van der Waals surface area (Å²) in [5, 5.41) is 3.22. The summed E-state index contributed by atoms with van der Waals surface area (Å²) in [6.07, 6.45) is 1.02. The molecule has 1 heterocycles. The van der Waals surface area contributed by atoms with Crippen LogP contribution in [-0.4, -0.2) is 30.7 Å². The zero-order chi connectivity index (χ0) is 15.2. The van der Waals surface area contributed by atoms with E-state index in [1.807, 2.05) is 31.2 Å². The Kier molecular flexibility index (Phi) is 4.98. The van der Waals surface area contributed by atoms with E-state index in [1.165, 1.54) is 0 Å². The Balaban J connectivity index is 2.48. The molecule has 5 nitrogen and oxygen atoms in total. The molecule has 5 heteroatoms. The number of aromatic nitrogens is 2. The minimum absolute atomic E-state index is 0.636. The Labute approximate surface area is 125 Å². The molecule has 0 amide bonds. The summed E-state index contributed by atoms with van der Waals surface area (Å²) in [4.78, 5) is 8.97. The van der Waals surface area contributed by atoms with Crippen LogP contribution in [0.5, 0.6) is 11.5 Å². The van der Waals surface area contributed by atoms with Crippen LogP contribution < -0.4 is 14.8 Å². The van der Waals surface area contributed by atoms with Crippen LogP contribution in [0.1, 0.15) is 19.0 Å². The van der Waals surface area contributed by atoms with Crippen LogP contribution in [0.25, 0.3) is 11.3 Å². The van der Waals surface area contributed by atoms with Crippen LogP contribution >= 0.6 is 0 Å². The molecule has 0 bridgehead atoms. The molecule has 0 unspecified atom stereocenters. The predicted octanol–water partition coefficient (Wildman–Crippen LogP) is 3.29. The third kappa shape index (κ3) is 3.42. The standard InChI is InChI=1S/C16H21N3O2/c1-5-9-17-16-18-11(2)10-13(19-16)12-7-6-8-14(20-3)15(12)21-4/h6-8,10H,5,9H2,1-4H3,(H,17,18,19). The normalized spacial score (nSPS) is 10.3. The van der Waals surface area contributed by atoms with Crippen molar-refractivity contribution in [2.24, 2.45) is 0 Å². The highest BCUT2D eigenvalue weighted by Crippen LogP contribution is 2.37. The van der Waals surface area contributed by atoms with E-state index in [-0.39, 0.29) is 0 Å². The lowest BCUT2D eigenvalue weighted by molar-refractivity contribution is 0.356. The lowest BCUT2D eigenvalue weighted by Gasteiger charge is -2.13. The van der Waals surface area contributed by atoms with Crippen LogP contribution in [0.15, 0.2) is 24.3 Å². The van der Waals surface area contributed by atoms with Gasteiger partial charge in [-0.3, -0.25) is 0 Å². The summed E-state index contributed by atoms with van der Waals surface area (Å²) in [6, 6.07) is 7.70. The van der Waals surface area contributed by atoms with E-state index < -0.39 is 0 Å². The summed E-state index contributed by atoms with van der Waals surface area (Å²) in [6.45, 7) is 4.90. The summed E-state index contributed by atoms with van der Waals surface area (Å²) >= 11 is 0. The van der Waals surface area contributed by atoms with Crippen molar-refractivity contribution in [3.05, 3.63) is 30.0 Å². The quantitative estimate of drug-likeness (QED) is 0.883. The number of hydrogen-bond acceptors (Lipinski definition) is 5. The summed E-state index contributed by atoms with van der Waals surface area (Å²) in [7, 11) is 3.26. The van der Waals surface area contributed by atoms with Crippen molar-refractivity contribution < 1.29 is 9.47 Å². The molecule has 0 aliphatic carbocycles. The number of ether oxygens (including phenoxy) is 2. The van der Waals surface area contributed by atoms with Crippen molar-refractivity contribution in [2.75, 3.05) is 26.1 Å². The van der Waals surface area contributed by atoms with Crippen molar-refractivity contribution in [3.8, 4) is 22.8 Å². The highest BCUT2D eigenvalue weighted by Gasteiger charge is 2.13. The maximum atomic E-state index is 5.48. The lowest BCUT2D eigenvalue weighted by Crippen LogP contribution is -2.06. The third-order valence-corrected chi connectivity index (χ3v) is 3.07. The van der Waals surface area contributed by atoms with Crippen molar-refractivity contribution in [1.82, 2.24) is 9.97 Å². The molecule has 0 saturated carbocycles. The van der Waals surface area contributed by atoms with Gasteiger partial charge in [0.1, 0.15) is 0 Å². The molecule has 2 aromatic rings. The maximum absolute atomic E-state index is 5.48. The van der Waals surface area contributed by atoms with Gasteiger partial charge in [0.2, 0.25) is 5.95 Å². The second kappa shape index (κ2) is 6.92. The molecule has 0 saturated heterocycles. The first kappa shape index (κ1) is 15.1. The summed E-state index contributed by atoms with van der Waals surface area (Å²) < 4.78 is 10.8. The van der Waals surface area contributed by atoms with Crippen molar-refractivity contribution in [1.29, 1.82) is 0 Å². The molecule has 0 spiro atoms. The van der Waals surface area contributed by atoms with E-state index >= 15 is 0 Å². The van der Waals surface area contributed by atoms with Gasteiger partial charge in [-0.1, -0.05) is 13.0 Å². The van der Waals surface area contributed by atoms with Crippen LogP contribution in [0.2, 0.25) is 0 Å². The molecule has 0 aliphatic rings. The fourth-order valence-corrected chi connectivity index (χ4v) is 2.11. The highest BCUT2D eigenvalue weighted by molar-refractivity contribution is 5.72. The minimum atomic E-state index is 0.636. The molecule has 1 N–H and O–H groups in total. The first-order valence-corrected chi connectivity index (χ1v) is 7.00. The molecule has 0 atom stereocenters. The number of nitrogens with zero attached hydrogens (tertiary/aromatic N) is 2. The number of methoxy groups -OCH3 is 2. The number of hydrogen-bond donors (Lipinski definition) is 1. The second-order valence-corrected chi connectivity index (χ2v) is 4.69. The zero-order valence-electron chi connectivity index (χ0n) is 12.9. The van der Waals surface area contributed by atoms with Gasteiger partial charge in [0.05, 0.1) is 19.9 Å². The van der Waals surface area contributed by atoms with Crippen LogP contribution in [0.4, 0.5) is 5.95 Å². The highest BCUT2D eigenvalue weighted by atomic mass is 16.5. The molecule has 1 aromatic heterocycles. The van der Waals surface area contributed by atoms with Gasteiger partial charge in [-0.25, -0.2) is 9.97 Å². The van der Waals surface area contributed by atoms with Gasteiger partial charge in [-0.2, -0.15) is 0 Å². The Hall–Kier alpha value is -2.30. The first-order valence-electron chi connectivity index (χ1n) is 7.00. The molecular weight excluding hydrogens is 266 g/mol. The average Bonchev–Trinajstić information content (AvgIpc) is 2.51. The predicted molar refractivity (Wildman–Crippen MR) is 84.1 cm³/mol. The molecule has 2 rings (SSSR count). The van der Waals surface area contributed by atoms with Crippen molar-refractivity contribution >= 4 is 5.95 Å². The fourth-order valence-electron chi connectivity index (χ4n) is 2.11. The van der Waals surface area contributed by atoms with E-state index in [0.717, 1.165) is 29.9 Å². The number of aryl methyl sites for hydroxylation is 1. The smallest absolute Gasteiger partial charge is 0.223 e. The molecule has 0 aliphatic heterocycles. The molecule has 1 aromatic carbocycles. The second-order valence-electron chi connectivity index (χ2n) is 4.69. The minimum Gasteiger partial charge on any atom is -0.493 e. The van der Waals surface area contributed by atoms with E-state index in [1.54, 1.807) is 14.2 Å². The van der Waals surface area contributed by atoms with Crippen LogP contribution in [0, 0.1) is 6.92 Å². The summed E-state index contributed by atoms with van der Waals surface area (Å²) in [5.41, 5.74) is 2.61. The van der Waals surface area contributed by atoms with Crippen molar-refractivity contribution in [3.63, 3.8) is 0 Å². The van der Waals surface area contributed by atoms with Gasteiger partial charge in [-0.15, -0.1) is 0 Å². The van der Waals surface area contributed by atoms with E-state index in [9.17, 15) is 0 Å². The van der Waals surface area contributed by atoms with Crippen LogP contribution in [0.3, 0.4) is 0 Å². The molecule has 0 radical (unpaired) electrons. The van der Waals surface area contributed by atoms with Gasteiger partial charge < -0.3 is 14.8 Å². The molecule has 112 valence electrons. The Bertz CT molecular complexity index is 614. The maximum Gasteiger partial charge on any atom is 0.223 e. The van der Waals surface area contributed by atoms with E-state index in [4.69, 9.17) is 9.47 Å². The molecule has 21 heavy (non-hydrogen) atoms.